The lowest BCUT2D eigenvalue weighted by molar-refractivity contribution is 0.102. The third-order valence-corrected chi connectivity index (χ3v) is 2.54. The Morgan fingerprint density at radius 3 is 2.78 bits per heavy atom. The molecule has 0 saturated heterocycles. The molecule has 18 heavy (non-hydrogen) atoms. The number of hydrogen-bond acceptors (Lipinski definition) is 3. The van der Waals surface area contributed by atoms with Gasteiger partial charge in [0.15, 0.2) is 5.43 Å². The molecule has 5 heteroatoms. The average molecular weight is 244 g/mol. The third-order valence-electron chi connectivity index (χ3n) is 2.54. The van der Waals surface area contributed by atoms with Crippen molar-refractivity contribution in [2.24, 2.45) is 0 Å². The van der Waals surface area contributed by atoms with Crippen LogP contribution in [0.4, 0.5) is 5.69 Å². The van der Waals surface area contributed by atoms with Gasteiger partial charge in [0.25, 0.3) is 5.91 Å². The van der Waals surface area contributed by atoms with E-state index < -0.39 is 5.91 Å². The van der Waals surface area contributed by atoms with Gasteiger partial charge in [-0.05, 0) is 18.6 Å². The highest BCUT2D eigenvalue weighted by molar-refractivity contribution is 6.04. The Labute approximate surface area is 103 Å². The van der Waals surface area contributed by atoms with Crippen LogP contribution >= 0.6 is 0 Å². The molecular formula is C13H12N2O3. The fourth-order valence-corrected chi connectivity index (χ4v) is 1.48. The largest absolute Gasteiger partial charge is 0.508 e. The van der Waals surface area contributed by atoms with E-state index in [9.17, 15) is 14.7 Å². The minimum absolute atomic E-state index is 0.0255. The summed E-state index contributed by atoms with van der Waals surface area (Å²) in [5, 5.41) is 12.1. The van der Waals surface area contributed by atoms with Gasteiger partial charge < -0.3 is 15.4 Å². The highest BCUT2D eigenvalue weighted by Crippen LogP contribution is 2.20. The predicted octanol–water partition coefficient (Wildman–Crippen LogP) is 1.64. The van der Waals surface area contributed by atoms with Gasteiger partial charge in [0.1, 0.15) is 11.3 Å². The molecule has 0 spiro atoms. The van der Waals surface area contributed by atoms with Crippen molar-refractivity contribution in [3.8, 4) is 5.75 Å². The first kappa shape index (κ1) is 11.9. The minimum Gasteiger partial charge on any atom is -0.508 e. The van der Waals surface area contributed by atoms with E-state index in [0.717, 1.165) is 0 Å². The quantitative estimate of drug-likeness (QED) is 0.751. The van der Waals surface area contributed by atoms with Gasteiger partial charge in [0.2, 0.25) is 0 Å². The van der Waals surface area contributed by atoms with E-state index in [-0.39, 0.29) is 16.7 Å². The summed E-state index contributed by atoms with van der Waals surface area (Å²) in [6.45, 7) is 1.75. The lowest BCUT2D eigenvalue weighted by atomic mass is 10.2. The summed E-state index contributed by atoms with van der Waals surface area (Å²) < 4.78 is 0. The van der Waals surface area contributed by atoms with Crippen molar-refractivity contribution in [2.75, 3.05) is 5.32 Å². The van der Waals surface area contributed by atoms with Gasteiger partial charge in [-0.15, -0.1) is 0 Å². The first-order chi connectivity index (χ1) is 8.58. The molecule has 0 fully saturated rings. The van der Waals surface area contributed by atoms with Crippen LogP contribution in [0.3, 0.4) is 0 Å². The second kappa shape index (κ2) is 4.75. The van der Waals surface area contributed by atoms with Crippen LogP contribution in [0.5, 0.6) is 5.75 Å². The number of rotatable bonds is 2. The highest BCUT2D eigenvalue weighted by atomic mass is 16.3. The van der Waals surface area contributed by atoms with Crippen molar-refractivity contribution in [1.82, 2.24) is 4.98 Å². The van der Waals surface area contributed by atoms with Gasteiger partial charge >= 0.3 is 0 Å². The number of amides is 1. The number of aromatic amines is 1. The Morgan fingerprint density at radius 2 is 2.11 bits per heavy atom. The van der Waals surface area contributed by atoms with Crippen molar-refractivity contribution in [3.63, 3.8) is 0 Å². The van der Waals surface area contributed by atoms with Gasteiger partial charge in [-0.25, -0.2) is 0 Å². The molecule has 1 aromatic carbocycles. The first-order valence-electron chi connectivity index (χ1n) is 5.36. The molecule has 0 aliphatic carbocycles. The SMILES string of the molecule is Cc1ccc(NC(=O)c2c[nH]ccc2=O)cc1O. The van der Waals surface area contributed by atoms with E-state index in [1.807, 2.05) is 0 Å². The molecule has 1 amide bonds. The van der Waals surface area contributed by atoms with Crippen LogP contribution < -0.4 is 10.7 Å². The van der Waals surface area contributed by atoms with Crippen LogP contribution in [-0.4, -0.2) is 16.0 Å². The van der Waals surface area contributed by atoms with Crippen molar-refractivity contribution in [3.05, 3.63) is 58.0 Å². The van der Waals surface area contributed by atoms with E-state index in [1.165, 1.54) is 24.5 Å². The van der Waals surface area contributed by atoms with Gasteiger partial charge in [0, 0.05) is 30.2 Å². The van der Waals surface area contributed by atoms with Gasteiger partial charge in [-0.1, -0.05) is 6.07 Å². The van der Waals surface area contributed by atoms with Gasteiger partial charge in [-0.2, -0.15) is 0 Å². The number of anilines is 1. The summed E-state index contributed by atoms with van der Waals surface area (Å²) >= 11 is 0. The molecule has 3 N–H and O–H groups in total. The number of aromatic nitrogens is 1. The molecule has 2 rings (SSSR count). The molecule has 92 valence electrons. The summed E-state index contributed by atoms with van der Waals surface area (Å²) in [6, 6.07) is 6.05. The van der Waals surface area contributed by atoms with E-state index >= 15 is 0 Å². The first-order valence-corrected chi connectivity index (χ1v) is 5.36. The van der Waals surface area contributed by atoms with Gasteiger partial charge in [0.05, 0.1) is 0 Å². The Morgan fingerprint density at radius 1 is 1.33 bits per heavy atom. The number of carbonyl (C=O) groups is 1. The number of nitrogens with one attached hydrogen (secondary N) is 2. The molecule has 0 radical (unpaired) electrons. The number of phenols is 1. The summed E-state index contributed by atoms with van der Waals surface area (Å²) in [5.74, 6) is -0.421. The monoisotopic (exact) mass is 244 g/mol. The molecule has 0 saturated carbocycles. The minimum atomic E-state index is -0.514. The number of benzene rings is 1. The molecule has 5 nitrogen and oxygen atoms in total. The highest BCUT2D eigenvalue weighted by Gasteiger charge is 2.10. The number of pyridine rings is 1. The Balaban J connectivity index is 2.24. The number of hydrogen-bond donors (Lipinski definition) is 3. The lowest BCUT2D eigenvalue weighted by Crippen LogP contribution is -2.20. The Hall–Kier alpha value is -2.56. The zero-order valence-electron chi connectivity index (χ0n) is 9.73. The fourth-order valence-electron chi connectivity index (χ4n) is 1.48. The van der Waals surface area contributed by atoms with Crippen LogP contribution in [0.1, 0.15) is 15.9 Å². The van der Waals surface area contributed by atoms with Crippen molar-refractivity contribution >= 4 is 11.6 Å². The fraction of sp³-hybridized carbons (Fsp3) is 0.0769. The van der Waals surface area contributed by atoms with Crippen LogP contribution in [0, 0.1) is 6.92 Å². The number of aryl methyl sites for hydroxylation is 1. The number of aromatic hydroxyl groups is 1. The van der Waals surface area contributed by atoms with Crippen LogP contribution in [0.2, 0.25) is 0 Å². The van der Waals surface area contributed by atoms with E-state index in [0.29, 0.717) is 11.3 Å². The van der Waals surface area contributed by atoms with E-state index in [2.05, 4.69) is 10.3 Å². The maximum Gasteiger partial charge on any atom is 0.261 e. The van der Waals surface area contributed by atoms with E-state index in [1.54, 1.807) is 19.1 Å². The average Bonchev–Trinajstić information content (AvgIpc) is 2.34. The zero-order valence-corrected chi connectivity index (χ0v) is 9.73. The molecule has 0 bridgehead atoms. The second-order valence-electron chi connectivity index (χ2n) is 3.88. The third kappa shape index (κ3) is 2.40. The normalized spacial score (nSPS) is 10.1. The van der Waals surface area contributed by atoms with Crippen LogP contribution in [-0.2, 0) is 0 Å². The van der Waals surface area contributed by atoms with Crippen molar-refractivity contribution < 1.29 is 9.90 Å². The van der Waals surface area contributed by atoms with Crippen molar-refractivity contribution in [1.29, 1.82) is 0 Å². The molecule has 0 aliphatic heterocycles. The molecule has 2 aromatic rings. The van der Waals surface area contributed by atoms with Crippen molar-refractivity contribution in [2.45, 2.75) is 6.92 Å². The van der Waals surface area contributed by atoms with E-state index in [4.69, 9.17) is 0 Å². The Bertz CT molecular complexity index is 647. The number of H-pyrrole nitrogens is 1. The lowest BCUT2D eigenvalue weighted by Gasteiger charge is -2.06. The second-order valence-corrected chi connectivity index (χ2v) is 3.88. The maximum atomic E-state index is 11.8. The number of carbonyl (C=O) groups excluding carboxylic acids is 1. The smallest absolute Gasteiger partial charge is 0.261 e. The molecular weight excluding hydrogens is 232 g/mol. The van der Waals surface area contributed by atoms with Crippen LogP contribution in [0.15, 0.2) is 41.5 Å². The summed E-state index contributed by atoms with van der Waals surface area (Å²) in [5.41, 5.74) is 0.817. The van der Waals surface area contributed by atoms with Crippen LogP contribution in [0.25, 0.3) is 0 Å². The Kier molecular flexibility index (Phi) is 3.14. The molecule has 0 aliphatic rings. The zero-order chi connectivity index (χ0) is 13.1. The summed E-state index contributed by atoms with van der Waals surface area (Å²) in [6.07, 6.45) is 2.79. The summed E-state index contributed by atoms with van der Waals surface area (Å²) in [4.78, 5) is 25.9. The molecule has 0 unspecified atom stereocenters. The summed E-state index contributed by atoms with van der Waals surface area (Å²) in [7, 11) is 0. The molecule has 0 atom stereocenters. The predicted molar refractivity (Wildman–Crippen MR) is 67.9 cm³/mol. The number of phenolic OH excluding ortho intramolecular Hbond substituents is 1. The topological polar surface area (TPSA) is 82.2 Å². The maximum absolute atomic E-state index is 11.8. The molecule has 1 aromatic heterocycles. The standard InChI is InChI=1S/C13H12N2O3/c1-8-2-3-9(6-12(8)17)15-13(18)10-7-14-5-4-11(10)16/h2-7,17H,1H3,(H,14,16)(H,15,18). The molecule has 1 heterocycles. The van der Waals surface area contributed by atoms with Gasteiger partial charge in [-0.3, -0.25) is 9.59 Å².